The largest absolute Gasteiger partial charge is 0.456 e. The number of ether oxygens (including phenoxy) is 1. The molecule has 0 unspecified atom stereocenters. The molecule has 142 valence electrons. The molecule has 3 aromatic rings. The average molecular weight is 378 g/mol. The van der Waals surface area contributed by atoms with Crippen LogP contribution in [0.2, 0.25) is 0 Å². The normalized spacial score (nSPS) is 13.9. The number of hydrogen-bond acceptors (Lipinski definition) is 2. The molecule has 0 bridgehead atoms. The van der Waals surface area contributed by atoms with E-state index in [0.29, 0.717) is 5.56 Å². The minimum atomic E-state index is -0.0129. The van der Waals surface area contributed by atoms with E-state index in [2.05, 4.69) is 0 Å². The van der Waals surface area contributed by atoms with Gasteiger partial charge in [0.25, 0.3) is 0 Å². The number of allylic oxidation sites excluding steroid dienone is 4. The Morgan fingerprint density at radius 1 is 0.655 bits per heavy atom. The molecule has 0 atom stereocenters. The van der Waals surface area contributed by atoms with E-state index in [1.807, 2.05) is 105 Å². The molecule has 0 N–H and O–H groups in total. The fourth-order valence-electron chi connectivity index (χ4n) is 3.54. The van der Waals surface area contributed by atoms with Crippen LogP contribution in [0.3, 0.4) is 0 Å². The number of rotatable bonds is 4. The van der Waals surface area contributed by atoms with E-state index in [1.165, 1.54) is 0 Å². The molecular formula is C27H22O2. The molecule has 0 fully saturated rings. The first-order valence-corrected chi connectivity index (χ1v) is 9.67. The smallest absolute Gasteiger partial charge is 0.186 e. The quantitative estimate of drug-likeness (QED) is 0.373. The highest BCUT2D eigenvalue weighted by atomic mass is 16.5. The van der Waals surface area contributed by atoms with Crippen molar-refractivity contribution in [1.82, 2.24) is 0 Å². The predicted octanol–water partition coefficient (Wildman–Crippen LogP) is 6.69. The third-order valence-electron chi connectivity index (χ3n) is 5.10. The highest BCUT2D eigenvalue weighted by Crippen LogP contribution is 2.40. The summed E-state index contributed by atoms with van der Waals surface area (Å²) in [6, 6.07) is 29.4. The van der Waals surface area contributed by atoms with Crippen LogP contribution < -0.4 is 0 Å². The number of hydrogen-bond donors (Lipinski definition) is 0. The van der Waals surface area contributed by atoms with Crippen molar-refractivity contribution < 1.29 is 9.53 Å². The summed E-state index contributed by atoms with van der Waals surface area (Å²) in [7, 11) is 0. The lowest BCUT2D eigenvalue weighted by atomic mass is 9.90. The molecule has 1 aliphatic rings. The Balaban J connectivity index is 1.87. The predicted molar refractivity (Wildman–Crippen MR) is 118 cm³/mol. The van der Waals surface area contributed by atoms with E-state index in [9.17, 15) is 4.79 Å². The second kappa shape index (κ2) is 8.15. The summed E-state index contributed by atoms with van der Waals surface area (Å²) in [4.78, 5) is 12.9. The zero-order valence-corrected chi connectivity index (χ0v) is 16.6. The molecule has 4 rings (SSSR count). The van der Waals surface area contributed by atoms with Crippen molar-refractivity contribution in [2.45, 2.75) is 13.8 Å². The maximum Gasteiger partial charge on any atom is 0.186 e. The molecule has 29 heavy (non-hydrogen) atoms. The zero-order chi connectivity index (χ0) is 20.2. The molecule has 1 heterocycles. The van der Waals surface area contributed by atoms with Gasteiger partial charge in [-0.25, -0.2) is 0 Å². The summed E-state index contributed by atoms with van der Waals surface area (Å²) in [5.74, 6) is 1.55. The van der Waals surface area contributed by atoms with Crippen LogP contribution in [0.1, 0.15) is 35.3 Å². The molecule has 2 heteroatoms. The Bertz CT molecular complexity index is 1060. The van der Waals surface area contributed by atoms with Gasteiger partial charge in [0.05, 0.1) is 0 Å². The second-order valence-electron chi connectivity index (χ2n) is 7.03. The van der Waals surface area contributed by atoms with E-state index in [0.717, 1.165) is 39.4 Å². The van der Waals surface area contributed by atoms with Crippen molar-refractivity contribution in [3.05, 3.63) is 130 Å². The third kappa shape index (κ3) is 3.83. The van der Waals surface area contributed by atoms with Crippen molar-refractivity contribution in [2.24, 2.45) is 0 Å². The van der Waals surface area contributed by atoms with Crippen LogP contribution in [0.15, 0.2) is 114 Å². The monoisotopic (exact) mass is 378 g/mol. The van der Waals surface area contributed by atoms with Crippen LogP contribution >= 0.6 is 0 Å². The summed E-state index contributed by atoms with van der Waals surface area (Å²) in [6.45, 7) is 4.02. The first-order valence-electron chi connectivity index (χ1n) is 9.67. The first-order chi connectivity index (χ1) is 14.1. The van der Waals surface area contributed by atoms with Gasteiger partial charge in [-0.1, -0.05) is 91.0 Å². The standard InChI is InChI=1S/C27H22O2/c1-19-24(18-25(28)21-12-6-3-7-13-21)20(2)27(23-16-10-5-11-17-23)29-26(19)22-14-8-4-9-15-22/h3-18H,1-2H3. The van der Waals surface area contributed by atoms with Crippen molar-refractivity contribution in [1.29, 1.82) is 0 Å². The van der Waals surface area contributed by atoms with Gasteiger partial charge in [0.2, 0.25) is 0 Å². The van der Waals surface area contributed by atoms with E-state index in [4.69, 9.17) is 4.74 Å². The van der Waals surface area contributed by atoms with Gasteiger partial charge in [0.15, 0.2) is 5.78 Å². The Morgan fingerprint density at radius 2 is 1.07 bits per heavy atom. The topological polar surface area (TPSA) is 26.3 Å². The Labute approximate surface area is 171 Å². The molecule has 0 spiro atoms. The SMILES string of the molecule is CC1=C(c2ccccc2)OC(c2ccccc2)=C(C)C1=CC(=O)c1ccccc1. The number of ketones is 1. The highest BCUT2D eigenvalue weighted by molar-refractivity contribution is 6.06. The molecule has 0 aliphatic carbocycles. The maximum atomic E-state index is 12.9. The summed E-state index contributed by atoms with van der Waals surface area (Å²) in [5, 5.41) is 0. The third-order valence-corrected chi connectivity index (χ3v) is 5.10. The van der Waals surface area contributed by atoms with Gasteiger partial charge in [0.1, 0.15) is 11.5 Å². The van der Waals surface area contributed by atoms with Crippen LogP contribution in [0.25, 0.3) is 11.5 Å². The van der Waals surface area contributed by atoms with Gasteiger partial charge >= 0.3 is 0 Å². The summed E-state index contributed by atoms with van der Waals surface area (Å²) in [5.41, 5.74) is 5.47. The average Bonchev–Trinajstić information content (AvgIpc) is 2.78. The zero-order valence-electron chi connectivity index (χ0n) is 16.6. The van der Waals surface area contributed by atoms with E-state index in [1.54, 1.807) is 6.08 Å². The lowest BCUT2D eigenvalue weighted by Gasteiger charge is -2.26. The molecule has 0 amide bonds. The van der Waals surface area contributed by atoms with Gasteiger partial charge in [0, 0.05) is 27.8 Å². The van der Waals surface area contributed by atoms with Gasteiger partial charge < -0.3 is 4.74 Å². The van der Waals surface area contributed by atoms with E-state index >= 15 is 0 Å². The first kappa shape index (κ1) is 18.7. The fraction of sp³-hybridized carbons (Fsp3) is 0.0741. The lowest BCUT2D eigenvalue weighted by molar-refractivity contribution is 0.104. The van der Waals surface area contributed by atoms with Crippen molar-refractivity contribution in [3.8, 4) is 0 Å². The van der Waals surface area contributed by atoms with Gasteiger partial charge in [-0.2, -0.15) is 0 Å². The molecule has 2 nitrogen and oxygen atoms in total. The molecule has 0 saturated carbocycles. The van der Waals surface area contributed by atoms with Crippen molar-refractivity contribution >= 4 is 17.3 Å². The van der Waals surface area contributed by atoms with Gasteiger partial charge in [-0.3, -0.25) is 4.79 Å². The Hall–Kier alpha value is -3.65. The summed E-state index contributed by atoms with van der Waals surface area (Å²) < 4.78 is 6.41. The summed E-state index contributed by atoms with van der Waals surface area (Å²) >= 11 is 0. The summed E-state index contributed by atoms with van der Waals surface area (Å²) in [6.07, 6.45) is 1.73. The Kier molecular flexibility index (Phi) is 5.26. The second-order valence-corrected chi connectivity index (χ2v) is 7.03. The molecule has 0 saturated heterocycles. The van der Waals surface area contributed by atoms with Gasteiger partial charge in [-0.15, -0.1) is 0 Å². The molecule has 0 radical (unpaired) electrons. The van der Waals surface area contributed by atoms with Crippen LogP contribution in [-0.2, 0) is 4.74 Å². The Morgan fingerprint density at radius 3 is 1.52 bits per heavy atom. The molecular weight excluding hydrogens is 356 g/mol. The number of carbonyl (C=O) groups is 1. The van der Waals surface area contributed by atoms with Crippen molar-refractivity contribution in [2.75, 3.05) is 0 Å². The fourth-order valence-corrected chi connectivity index (χ4v) is 3.54. The molecule has 0 aromatic heterocycles. The minimum absolute atomic E-state index is 0.0129. The van der Waals surface area contributed by atoms with E-state index < -0.39 is 0 Å². The van der Waals surface area contributed by atoms with E-state index in [-0.39, 0.29) is 5.78 Å². The van der Waals surface area contributed by atoms with Crippen molar-refractivity contribution in [3.63, 3.8) is 0 Å². The lowest BCUT2D eigenvalue weighted by Crippen LogP contribution is -2.09. The van der Waals surface area contributed by atoms with Crippen LogP contribution in [0, 0.1) is 0 Å². The molecule has 1 aliphatic heterocycles. The highest BCUT2D eigenvalue weighted by Gasteiger charge is 2.25. The number of carbonyl (C=O) groups excluding carboxylic acids is 1. The number of benzene rings is 3. The van der Waals surface area contributed by atoms with Gasteiger partial charge in [-0.05, 0) is 25.5 Å². The molecule has 3 aromatic carbocycles. The minimum Gasteiger partial charge on any atom is -0.456 e. The van der Waals surface area contributed by atoms with Crippen LogP contribution in [0.5, 0.6) is 0 Å². The maximum absolute atomic E-state index is 12.9. The van der Waals surface area contributed by atoms with Crippen LogP contribution in [0.4, 0.5) is 0 Å². The van der Waals surface area contributed by atoms with Crippen LogP contribution in [-0.4, -0.2) is 5.78 Å².